The molecule has 0 spiro atoms. The van der Waals surface area contributed by atoms with E-state index in [1.807, 2.05) is 0 Å². The smallest absolute Gasteiger partial charge is 0.309 e. The number of fused-ring (bicyclic) bond motifs is 7. The van der Waals surface area contributed by atoms with Crippen molar-refractivity contribution < 1.29 is 38.3 Å². The maximum absolute atomic E-state index is 6.99. The van der Waals surface area contributed by atoms with Crippen LogP contribution in [0.4, 0.5) is 0 Å². The van der Waals surface area contributed by atoms with Crippen LogP contribution in [0.15, 0.2) is 112 Å². The Kier molecular flexibility index (Phi) is 8.68. The van der Waals surface area contributed by atoms with Crippen LogP contribution in [0.3, 0.4) is 0 Å². The zero-order valence-electron chi connectivity index (χ0n) is 23.4. The minimum atomic E-state index is -1.39. The summed E-state index contributed by atoms with van der Waals surface area (Å²) >= 11 is 0. The van der Waals surface area contributed by atoms with Gasteiger partial charge in [-0.1, -0.05) is 78.9 Å². The monoisotopic (exact) mass is 798 g/mol. The third-order valence-corrected chi connectivity index (χ3v) is 13.0. The summed E-state index contributed by atoms with van der Waals surface area (Å²) in [6, 6.07) is 36.7. The Morgan fingerprint density at radius 3 is 1.88 bits per heavy atom. The van der Waals surface area contributed by atoms with Gasteiger partial charge in [-0.25, -0.2) is 4.67 Å². The van der Waals surface area contributed by atoms with E-state index in [1.165, 1.54) is 46.1 Å². The molecule has 1 aliphatic rings. The molecule has 5 aromatic carbocycles. The van der Waals surface area contributed by atoms with Gasteiger partial charge in [-0.2, -0.15) is 0 Å². The number of hydrogen-bond donors (Lipinski definition) is 0. The van der Waals surface area contributed by atoms with Crippen LogP contribution in [-0.2, 0) is 0 Å². The van der Waals surface area contributed by atoms with Crippen LogP contribution in [0.25, 0.3) is 43.5 Å². The molecule has 1 heterocycles. The molecular weight excluding hydrogens is 765 g/mol. The maximum atomic E-state index is 6.99. The Morgan fingerprint density at radius 2 is 1.29 bits per heavy atom. The molecule has 3 unspecified atom stereocenters. The van der Waals surface area contributed by atoms with Crippen LogP contribution in [0.1, 0.15) is 26.2 Å². The fourth-order valence-electron chi connectivity index (χ4n) is 6.71. The quantitative estimate of drug-likeness (QED) is 0.163. The molecule has 1 fully saturated rings. The minimum Gasteiger partial charge on any atom is -0.408 e. The first-order valence-electron chi connectivity index (χ1n) is 14.2. The molecule has 7 rings (SSSR count). The number of benzene rings is 5. The van der Waals surface area contributed by atoms with Gasteiger partial charge in [0.05, 0.1) is 11.0 Å². The van der Waals surface area contributed by atoms with Crippen molar-refractivity contribution in [3.63, 3.8) is 0 Å². The van der Waals surface area contributed by atoms with Crippen LogP contribution in [0.5, 0.6) is 0 Å². The second-order valence-electron chi connectivity index (χ2n) is 11.1. The third kappa shape index (κ3) is 5.32. The predicted molar refractivity (Wildman–Crippen MR) is 175 cm³/mol. The van der Waals surface area contributed by atoms with Crippen molar-refractivity contribution in [1.29, 1.82) is 0 Å². The van der Waals surface area contributed by atoms with Gasteiger partial charge in [0, 0.05) is 67.6 Å². The first kappa shape index (κ1) is 29.0. The van der Waals surface area contributed by atoms with Crippen LogP contribution in [0, 0.1) is 42.5 Å². The van der Waals surface area contributed by atoms with Gasteiger partial charge in [0.25, 0.3) is 0 Å². The Balaban J connectivity index is 0.00000302. The van der Waals surface area contributed by atoms with E-state index in [2.05, 4.69) is 122 Å². The average molecular weight is 800 g/mol. The van der Waals surface area contributed by atoms with E-state index in [0.717, 1.165) is 21.9 Å². The first-order valence-corrected chi connectivity index (χ1v) is 17.0. The average Bonchev–Trinajstić information content (AvgIpc) is 3.43. The van der Waals surface area contributed by atoms with Gasteiger partial charge in [0.15, 0.2) is 6.66 Å². The van der Waals surface area contributed by atoms with E-state index < -0.39 is 16.1 Å². The molecule has 0 saturated heterocycles. The fourth-order valence-corrected chi connectivity index (χ4v) is 10.5. The summed E-state index contributed by atoms with van der Waals surface area (Å²) < 4.78 is 16.1. The van der Waals surface area contributed by atoms with E-state index >= 15 is 0 Å². The van der Waals surface area contributed by atoms with Crippen LogP contribution < -0.4 is 9.97 Å². The summed E-state index contributed by atoms with van der Waals surface area (Å²) in [6.45, 7) is 9.33. The maximum Gasteiger partial charge on any atom is 0.309 e. The molecule has 6 aromatic rings. The van der Waals surface area contributed by atoms with Gasteiger partial charge in [-0.15, -0.1) is 0 Å². The van der Waals surface area contributed by atoms with Gasteiger partial charge >= 0.3 is 8.16 Å². The van der Waals surface area contributed by atoms with Crippen molar-refractivity contribution in [1.82, 2.24) is 0 Å². The second-order valence-corrected chi connectivity index (χ2v) is 14.8. The van der Waals surface area contributed by atoms with Crippen LogP contribution >= 0.6 is 16.1 Å². The second kappa shape index (κ2) is 12.3. The predicted octanol–water partition coefficient (Wildman–Crippen LogP) is 9.93. The Bertz CT molecular complexity index is 1770. The molecule has 1 saturated carbocycles. The van der Waals surface area contributed by atoms with E-state index in [1.54, 1.807) is 0 Å². The fraction of sp³-hybridized carbons (Fsp3) is 0.229. The summed E-state index contributed by atoms with van der Waals surface area (Å²) in [5, 5.41) is 8.32. The SMILES string of the molecule is [CH][PH+](c1ccccc1)C1CCCC1[C@@H](C)N(C)p1oc2ccc3ccccc3c2c2c(ccc3ccccc32)o1.[Np]. The van der Waals surface area contributed by atoms with Gasteiger partial charge in [0.1, 0.15) is 11.2 Å². The Labute approximate surface area is 266 Å². The van der Waals surface area contributed by atoms with Crippen molar-refractivity contribution in [3.05, 3.63) is 110 Å². The van der Waals surface area contributed by atoms with Crippen molar-refractivity contribution in [2.24, 2.45) is 5.92 Å². The molecule has 205 valence electrons. The number of hydrogen-bond acceptors (Lipinski definition) is 3. The zero-order chi connectivity index (χ0) is 27.2. The number of rotatable bonds is 5. The number of nitrogens with zero attached hydrogens (tertiary/aromatic N) is 1. The largest absolute Gasteiger partial charge is 0.408 e. The summed E-state index contributed by atoms with van der Waals surface area (Å²) in [7, 11) is -0.371. The molecule has 0 bridgehead atoms. The third-order valence-electron chi connectivity index (χ3n) is 8.93. The molecule has 0 aliphatic heterocycles. The molecule has 1 aliphatic carbocycles. The molecule has 6 heteroatoms. The van der Waals surface area contributed by atoms with Crippen molar-refractivity contribution in [2.75, 3.05) is 11.7 Å². The topological polar surface area (TPSA) is 29.5 Å². The summed E-state index contributed by atoms with van der Waals surface area (Å²) in [6.07, 6.45) is 3.63. The van der Waals surface area contributed by atoms with E-state index in [-0.39, 0.29) is 36.0 Å². The van der Waals surface area contributed by atoms with Crippen LogP contribution in [0.2, 0.25) is 0 Å². The van der Waals surface area contributed by atoms with Gasteiger partial charge < -0.3 is 8.39 Å². The molecular formula is C35H34NNpO2P2+. The minimum absolute atomic E-state index is 0. The summed E-state index contributed by atoms with van der Waals surface area (Å²) in [5.74, 6) is 0.509. The Hall–Kier alpha value is -2.08. The van der Waals surface area contributed by atoms with Crippen molar-refractivity contribution in [3.8, 4) is 0 Å². The molecule has 1 aromatic heterocycles. The van der Waals surface area contributed by atoms with Gasteiger partial charge in [-0.3, -0.25) is 0 Å². The molecule has 0 amide bonds. The summed E-state index contributed by atoms with van der Waals surface area (Å²) in [5.41, 5.74) is 2.30. The zero-order valence-corrected chi connectivity index (χ0v) is 29.0. The summed E-state index contributed by atoms with van der Waals surface area (Å²) in [4.78, 5) is 0. The Morgan fingerprint density at radius 1 is 0.756 bits per heavy atom. The van der Waals surface area contributed by atoms with E-state index in [0.29, 0.717) is 11.6 Å². The van der Waals surface area contributed by atoms with E-state index in [9.17, 15) is 0 Å². The molecule has 41 heavy (non-hydrogen) atoms. The molecule has 0 N–H and O–H groups in total. The standard InChI is InChI=1S/C35H34NO2P2.Np/c1-24(28-18-11-19-33(28)39(3)27-14-5-4-6-15-27)36(2)40-37-31-22-20-25-12-7-9-16-29(25)34(31)35-30-17-10-8-13-26(30)21-23-32(35)38-40;/h3-10,12-17,20-24,28,33,39H,11,18-19H2,1-2H3;/q+1;/t24-,28?,33?;/m1./s1. The normalized spacial score (nSPS) is 18.6. The van der Waals surface area contributed by atoms with Crippen molar-refractivity contribution >= 4 is 64.9 Å². The first-order chi connectivity index (χ1) is 19.6. The molecule has 3 radical (unpaired) electrons. The van der Waals surface area contributed by atoms with E-state index in [4.69, 9.17) is 15.1 Å². The van der Waals surface area contributed by atoms with Crippen molar-refractivity contribution in [2.45, 2.75) is 37.9 Å². The molecule has 4 atom stereocenters. The van der Waals surface area contributed by atoms with Gasteiger partial charge in [0.2, 0.25) is 0 Å². The molecule has 3 nitrogen and oxygen atoms in total. The van der Waals surface area contributed by atoms with Crippen LogP contribution in [-0.4, -0.2) is 18.7 Å². The van der Waals surface area contributed by atoms with Gasteiger partial charge in [-0.05, 0) is 72.0 Å².